The maximum Gasteiger partial charge on any atom is 0.287 e. The zero-order valence-electron chi connectivity index (χ0n) is 16.3. The molecule has 4 rings (SSSR count). The third-order valence-corrected chi connectivity index (χ3v) is 5.84. The highest BCUT2D eigenvalue weighted by Crippen LogP contribution is 2.29. The van der Waals surface area contributed by atoms with Crippen LogP contribution in [0, 0.1) is 13.8 Å². The molecular formula is C23H25ClN2O2. The summed E-state index contributed by atoms with van der Waals surface area (Å²) in [5.74, 6) is 0.183. The van der Waals surface area contributed by atoms with E-state index in [4.69, 9.17) is 16.0 Å². The standard InChI is InChI=1S/C23H25ClN2O2/c1-15-5-7-17(8-6-15)20(26-11-3-4-12-26)14-25-23(27)22-16(2)19-13-18(24)9-10-21(19)28-22/h5-10,13,20H,3-4,11-12,14H2,1-2H3,(H,25,27)/t20-/m1/s1. The zero-order chi connectivity index (χ0) is 19.7. The van der Waals surface area contributed by atoms with Gasteiger partial charge in [0.05, 0.1) is 6.04 Å². The molecule has 0 radical (unpaired) electrons. The maximum atomic E-state index is 12.9. The van der Waals surface area contributed by atoms with Gasteiger partial charge in [-0.2, -0.15) is 0 Å². The van der Waals surface area contributed by atoms with Crippen molar-refractivity contribution >= 4 is 28.5 Å². The van der Waals surface area contributed by atoms with Crippen molar-refractivity contribution in [3.63, 3.8) is 0 Å². The van der Waals surface area contributed by atoms with Crippen molar-refractivity contribution in [2.45, 2.75) is 32.7 Å². The van der Waals surface area contributed by atoms with Gasteiger partial charge in [0.25, 0.3) is 5.91 Å². The van der Waals surface area contributed by atoms with Crippen molar-refractivity contribution in [2.75, 3.05) is 19.6 Å². The van der Waals surface area contributed by atoms with Crippen LogP contribution < -0.4 is 5.32 Å². The monoisotopic (exact) mass is 396 g/mol. The zero-order valence-corrected chi connectivity index (χ0v) is 17.1. The molecule has 4 nitrogen and oxygen atoms in total. The minimum Gasteiger partial charge on any atom is -0.451 e. The van der Waals surface area contributed by atoms with E-state index in [1.54, 1.807) is 12.1 Å². The number of likely N-dealkylation sites (tertiary alicyclic amines) is 1. The Morgan fingerprint density at radius 2 is 1.86 bits per heavy atom. The fourth-order valence-electron chi connectivity index (χ4n) is 3.98. The molecule has 0 spiro atoms. The Labute approximate surface area is 170 Å². The number of benzene rings is 2. The van der Waals surface area contributed by atoms with Crippen molar-refractivity contribution in [1.29, 1.82) is 0 Å². The van der Waals surface area contributed by atoms with Crippen LogP contribution in [0.15, 0.2) is 46.9 Å². The number of furan rings is 1. The largest absolute Gasteiger partial charge is 0.451 e. The Balaban J connectivity index is 1.54. The van der Waals surface area contributed by atoms with Crippen LogP contribution in [0.2, 0.25) is 5.02 Å². The second-order valence-corrected chi connectivity index (χ2v) is 8.01. The molecule has 0 aliphatic carbocycles. The third-order valence-electron chi connectivity index (χ3n) is 5.60. The van der Waals surface area contributed by atoms with Gasteiger partial charge in [0, 0.05) is 22.5 Å². The average Bonchev–Trinajstić information content (AvgIpc) is 3.32. The number of amides is 1. The summed E-state index contributed by atoms with van der Waals surface area (Å²) >= 11 is 6.09. The average molecular weight is 397 g/mol. The van der Waals surface area contributed by atoms with Gasteiger partial charge in [0.1, 0.15) is 5.58 Å². The Bertz CT molecular complexity index is 988. The first-order valence-electron chi connectivity index (χ1n) is 9.80. The predicted molar refractivity (Wildman–Crippen MR) is 113 cm³/mol. The summed E-state index contributed by atoms with van der Waals surface area (Å²) < 4.78 is 5.81. The minimum atomic E-state index is -0.180. The van der Waals surface area contributed by atoms with Crippen LogP contribution in [-0.4, -0.2) is 30.4 Å². The van der Waals surface area contributed by atoms with Gasteiger partial charge in [-0.25, -0.2) is 0 Å². The van der Waals surface area contributed by atoms with Gasteiger partial charge in [0.2, 0.25) is 0 Å². The molecule has 1 amide bonds. The number of fused-ring (bicyclic) bond motifs is 1. The van der Waals surface area contributed by atoms with Crippen LogP contribution in [0.3, 0.4) is 0 Å². The van der Waals surface area contributed by atoms with Gasteiger partial charge >= 0.3 is 0 Å². The molecule has 2 heterocycles. The van der Waals surface area contributed by atoms with Crippen molar-refractivity contribution in [1.82, 2.24) is 10.2 Å². The van der Waals surface area contributed by atoms with Crippen molar-refractivity contribution in [2.24, 2.45) is 0 Å². The Hall–Kier alpha value is -2.30. The van der Waals surface area contributed by atoms with E-state index in [0.29, 0.717) is 22.9 Å². The maximum absolute atomic E-state index is 12.9. The summed E-state index contributed by atoms with van der Waals surface area (Å²) in [5, 5.41) is 4.62. The predicted octanol–water partition coefficient (Wildman–Crippen LogP) is 5.27. The number of aryl methyl sites for hydroxylation is 2. The van der Waals surface area contributed by atoms with Crippen LogP contribution in [-0.2, 0) is 0 Å². The number of rotatable bonds is 5. The summed E-state index contributed by atoms with van der Waals surface area (Å²) in [6, 6.07) is 14.2. The van der Waals surface area contributed by atoms with Crippen molar-refractivity contribution in [3.05, 3.63) is 69.9 Å². The molecule has 5 heteroatoms. The van der Waals surface area contributed by atoms with Gasteiger partial charge in [-0.3, -0.25) is 9.69 Å². The fraction of sp³-hybridized carbons (Fsp3) is 0.348. The van der Waals surface area contributed by atoms with Crippen LogP contribution in [0.1, 0.15) is 46.1 Å². The SMILES string of the molecule is Cc1ccc([C@@H](CNC(=O)c2oc3ccc(Cl)cc3c2C)N2CCCC2)cc1. The highest BCUT2D eigenvalue weighted by atomic mass is 35.5. The summed E-state index contributed by atoms with van der Waals surface area (Å²) in [6.07, 6.45) is 2.42. The van der Waals surface area contributed by atoms with Crippen LogP contribution in [0.4, 0.5) is 0 Å². The molecule has 3 aromatic rings. The second-order valence-electron chi connectivity index (χ2n) is 7.58. The van der Waals surface area contributed by atoms with Crippen LogP contribution >= 0.6 is 11.6 Å². The molecule has 1 fully saturated rings. The van der Waals surface area contributed by atoms with E-state index in [9.17, 15) is 4.79 Å². The lowest BCUT2D eigenvalue weighted by atomic mass is 10.0. The lowest BCUT2D eigenvalue weighted by Crippen LogP contribution is -2.36. The van der Waals surface area contributed by atoms with Gasteiger partial charge < -0.3 is 9.73 Å². The third kappa shape index (κ3) is 3.80. The van der Waals surface area contributed by atoms with E-state index in [1.165, 1.54) is 24.0 Å². The van der Waals surface area contributed by atoms with E-state index < -0.39 is 0 Å². The van der Waals surface area contributed by atoms with E-state index in [0.717, 1.165) is 24.0 Å². The smallest absolute Gasteiger partial charge is 0.287 e. The molecule has 28 heavy (non-hydrogen) atoms. The molecule has 1 saturated heterocycles. The van der Waals surface area contributed by atoms with Gasteiger partial charge in [-0.05, 0) is 63.5 Å². The van der Waals surface area contributed by atoms with Crippen molar-refractivity contribution in [3.8, 4) is 0 Å². The number of hydrogen-bond donors (Lipinski definition) is 1. The summed E-state index contributed by atoms with van der Waals surface area (Å²) in [6.45, 7) is 6.67. The fourth-order valence-corrected chi connectivity index (χ4v) is 4.15. The van der Waals surface area contributed by atoms with Crippen LogP contribution in [0.5, 0.6) is 0 Å². The Morgan fingerprint density at radius 1 is 1.14 bits per heavy atom. The van der Waals surface area contributed by atoms with Crippen LogP contribution in [0.25, 0.3) is 11.0 Å². The number of carbonyl (C=O) groups excluding carboxylic acids is 1. The van der Waals surface area contributed by atoms with Gasteiger partial charge in [0.15, 0.2) is 5.76 Å². The first-order valence-corrected chi connectivity index (χ1v) is 10.2. The number of carbonyl (C=O) groups is 1. The van der Waals surface area contributed by atoms with E-state index in [2.05, 4.69) is 41.4 Å². The summed E-state index contributed by atoms with van der Waals surface area (Å²) in [4.78, 5) is 15.3. The molecular weight excluding hydrogens is 372 g/mol. The number of nitrogens with zero attached hydrogens (tertiary/aromatic N) is 1. The summed E-state index contributed by atoms with van der Waals surface area (Å²) in [7, 11) is 0. The number of hydrogen-bond acceptors (Lipinski definition) is 3. The van der Waals surface area contributed by atoms with E-state index >= 15 is 0 Å². The van der Waals surface area contributed by atoms with Crippen molar-refractivity contribution < 1.29 is 9.21 Å². The summed E-state index contributed by atoms with van der Waals surface area (Å²) in [5.41, 5.74) is 3.98. The van der Waals surface area contributed by atoms with E-state index in [1.807, 2.05) is 13.0 Å². The highest BCUT2D eigenvalue weighted by molar-refractivity contribution is 6.31. The lowest BCUT2D eigenvalue weighted by Gasteiger charge is -2.28. The lowest BCUT2D eigenvalue weighted by molar-refractivity contribution is 0.0911. The molecule has 2 aromatic carbocycles. The molecule has 1 aliphatic heterocycles. The molecule has 1 N–H and O–H groups in total. The topological polar surface area (TPSA) is 45.5 Å². The molecule has 146 valence electrons. The molecule has 0 bridgehead atoms. The molecule has 0 saturated carbocycles. The Kier molecular flexibility index (Phi) is 5.42. The first kappa shape index (κ1) is 19.0. The Morgan fingerprint density at radius 3 is 2.57 bits per heavy atom. The molecule has 1 atom stereocenters. The highest BCUT2D eigenvalue weighted by Gasteiger charge is 2.25. The normalized spacial score (nSPS) is 15.8. The van der Waals surface area contributed by atoms with E-state index in [-0.39, 0.29) is 11.9 Å². The first-order chi connectivity index (χ1) is 13.5. The minimum absolute atomic E-state index is 0.172. The molecule has 0 unspecified atom stereocenters. The van der Waals surface area contributed by atoms with Gasteiger partial charge in [-0.1, -0.05) is 41.4 Å². The quantitative estimate of drug-likeness (QED) is 0.639. The number of nitrogens with one attached hydrogen (secondary N) is 1. The second kappa shape index (κ2) is 7.98. The molecule has 1 aromatic heterocycles. The molecule has 1 aliphatic rings. The number of halogens is 1. The van der Waals surface area contributed by atoms with Gasteiger partial charge in [-0.15, -0.1) is 0 Å².